The van der Waals surface area contributed by atoms with Gasteiger partial charge in [-0.1, -0.05) is 24.3 Å². The van der Waals surface area contributed by atoms with E-state index in [1.165, 1.54) is 0 Å². The monoisotopic (exact) mass is 350 g/mol. The SMILES string of the molecule is O=C(/C=C/c1cccs1)N1CCC(Oc2cccc3cccnc23)C1. The number of para-hydroxylation sites is 1. The highest BCUT2D eigenvalue weighted by molar-refractivity contribution is 7.10. The maximum absolute atomic E-state index is 12.3. The summed E-state index contributed by atoms with van der Waals surface area (Å²) in [4.78, 5) is 19.7. The largest absolute Gasteiger partial charge is 0.486 e. The molecule has 25 heavy (non-hydrogen) atoms. The molecule has 5 heteroatoms. The van der Waals surface area contributed by atoms with Crippen LogP contribution in [0.25, 0.3) is 17.0 Å². The van der Waals surface area contributed by atoms with Gasteiger partial charge in [-0.2, -0.15) is 0 Å². The molecule has 126 valence electrons. The Morgan fingerprint density at radius 2 is 2.16 bits per heavy atom. The summed E-state index contributed by atoms with van der Waals surface area (Å²) >= 11 is 1.62. The van der Waals surface area contributed by atoms with Gasteiger partial charge in [0.25, 0.3) is 0 Å². The number of hydrogen-bond acceptors (Lipinski definition) is 4. The highest BCUT2D eigenvalue weighted by Gasteiger charge is 2.27. The van der Waals surface area contributed by atoms with E-state index in [-0.39, 0.29) is 12.0 Å². The number of ether oxygens (including phenoxy) is 1. The Labute approximate surface area is 150 Å². The lowest BCUT2D eigenvalue weighted by Gasteiger charge is -2.16. The van der Waals surface area contributed by atoms with Crippen LogP contribution in [0.3, 0.4) is 0 Å². The zero-order valence-electron chi connectivity index (χ0n) is 13.7. The van der Waals surface area contributed by atoms with Gasteiger partial charge in [0, 0.05) is 35.5 Å². The number of amides is 1. The number of pyridine rings is 1. The molecule has 1 aliphatic heterocycles. The van der Waals surface area contributed by atoms with Gasteiger partial charge in [-0.05, 0) is 29.7 Å². The van der Waals surface area contributed by atoms with Crippen molar-refractivity contribution in [3.8, 4) is 5.75 Å². The molecule has 3 aromatic rings. The molecule has 4 rings (SSSR count). The lowest BCUT2D eigenvalue weighted by molar-refractivity contribution is -0.125. The third kappa shape index (κ3) is 3.56. The highest BCUT2D eigenvalue weighted by atomic mass is 32.1. The summed E-state index contributed by atoms with van der Waals surface area (Å²) in [5, 5.41) is 3.06. The van der Waals surface area contributed by atoms with Crippen LogP contribution >= 0.6 is 11.3 Å². The molecule has 1 amide bonds. The number of thiophene rings is 1. The smallest absolute Gasteiger partial charge is 0.246 e. The van der Waals surface area contributed by atoms with Crippen molar-refractivity contribution in [1.29, 1.82) is 0 Å². The van der Waals surface area contributed by atoms with Crippen molar-refractivity contribution in [3.05, 3.63) is 65.0 Å². The van der Waals surface area contributed by atoms with Gasteiger partial charge in [-0.15, -0.1) is 11.3 Å². The van der Waals surface area contributed by atoms with Crippen LogP contribution in [0.1, 0.15) is 11.3 Å². The van der Waals surface area contributed by atoms with Crippen LogP contribution in [0.15, 0.2) is 60.1 Å². The van der Waals surface area contributed by atoms with Gasteiger partial charge < -0.3 is 9.64 Å². The number of carbonyl (C=O) groups excluding carboxylic acids is 1. The molecule has 0 bridgehead atoms. The van der Waals surface area contributed by atoms with Crippen molar-refractivity contribution >= 4 is 34.2 Å². The zero-order chi connectivity index (χ0) is 17.1. The van der Waals surface area contributed by atoms with Crippen LogP contribution in [-0.2, 0) is 4.79 Å². The standard InChI is InChI=1S/C20H18N2O2S/c23-19(9-8-17-6-3-13-25-17)22-12-10-16(14-22)24-18-7-1-4-15-5-2-11-21-20(15)18/h1-9,11,13,16H,10,12,14H2/b9-8+. The normalized spacial score (nSPS) is 17.4. The molecule has 0 aliphatic carbocycles. The number of benzene rings is 1. The van der Waals surface area contributed by atoms with E-state index in [9.17, 15) is 4.79 Å². The van der Waals surface area contributed by atoms with Crippen LogP contribution in [-0.4, -0.2) is 35.0 Å². The van der Waals surface area contributed by atoms with Gasteiger partial charge in [0.1, 0.15) is 17.4 Å². The van der Waals surface area contributed by atoms with E-state index in [0.717, 1.165) is 34.5 Å². The van der Waals surface area contributed by atoms with Crippen molar-refractivity contribution in [2.75, 3.05) is 13.1 Å². The van der Waals surface area contributed by atoms with E-state index < -0.39 is 0 Å². The summed E-state index contributed by atoms with van der Waals surface area (Å²) in [6, 6.07) is 13.9. The average Bonchev–Trinajstić information content (AvgIpc) is 3.32. The lowest BCUT2D eigenvalue weighted by Crippen LogP contribution is -2.29. The fourth-order valence-electron chi connectivity index (χ4n) is 3.02. The minimum atomic E-state index is 0.00620. The predicted octanol–water partition coefficient (Wildman–Crippen LogP) is 3.99. The van der Waals surface area contributed by atoms with Crippen molar-refractivity contribution < 1.29 is 9.53 Å². The quantitative estimate of drug-likeness (QED) is 0.668. The summed E-state index contributed by atoms with van der Waals surface area (Å²) in [6.45, 7) is 1.33. The Morgan fingerprint density at radius 1 is 1.24 bits per heavy atom. The molecular formula is C20H18N2O2S. The Morgan fingerprint density at radius 3 is 3.04 bits per heavy atom. The Hall–Kier alpha value is -2.66. The minimum Gasteiger partial charge on any atom is -0.486 e. The summed E-state index contributed by atoms with van der Waals surface area (Å²) in [6.07, 6.45) is 6.13. The Bertz CT molecular complexity index is 900. The van der Waals surface area contributed by atoms with Crippen LogP contribution in [0, 0.1) is 0 Å². The Kier molecular flexibility index (Phi) is 4.48. The first kappa shape index (κ1) is 15.8. The molecule has 0 N–H and O–H groups in total. The summed E-state index contributed by atoms with van der Waals surface area (Å²) in [5.41, 5.74) is 0.868. The second-order valence-corrected chi connectivity index (χ2v) is 6.97. The van der Waals surface area contributed by atoms with Crippen LogP contribution in [0.5, 0.6) is 5.75 Å². The summed E-state index contributed by atoms with van der Waals surface area (Å²) in [5.74, 6) is 0.821. The highest BCUT2D eigenvalue weighted by Crippen LogP contribution is 2.26. The lowest BCUT2D eigenvalue weighted by atomic mass is 10.2. The maximum Gasteiger partial charge on any atom is 0.246 e. The third-order valence-electron chi connectivity index (χ3n) is 4.28. The molecule has 1 atom stereocenters. The molecule has 0 radical (unpaired) electrons. The van der Waals surface area contributed by atoms with E-state index in [4.69, 9.17) is 4.74 Å². The van der Waals surface area contributed by atoms with E-state index in [2.05, 4.69) is 4.98 Å². The van der Waals surface area contributed by atoms with Gasteiger partial charge in [0.2, 0.25) is 5.91 Å². The molecule has 3 heterocycles. The van der Waals surface area contributed by atoms with Crippen molar-refractivity contribution in [3.63, 3.8) is 0 Å². The number of hydrogen-bond donors (Lipinski definition) is 0. The summed E-state index contributed by atoms with van der Waals surface area (Å²) < 4.78 is 6.14. The van der Waals surface area contributed by atoms with Gasteiger partial charge >= 0.3 is 0 Å². The number of aromatic nitrogens is 1. The molecular weight excluding hydrogens is 332 g/mol. The minimum absolute atomic E-state index is 0.00620. The number of nitrogens with zero attached hydrogens (tertiary/aromatic N) is 2. The van der Waals surface area contributed by atoms with Crippen LogP contribution in [0.4, 0.5) is 0 Å². The second kappa shape index (κ2) is 7.07. The van der Waals surface area contributed by atoms with E-state index in [1.807, 2.05) is 58.8 Å². The summed E-state index contributed by atoms with van der Waals surface area (Å²) in [7, 11) is 0. The molecule has 4 nitrogen and oxygen atoms in total. The number of rotatable bonds is 4. The van der Waals surface area contributed by atoms with Gasteiger partial charge in [0.05, 0.1) is 6.54 Å². The van der Waals surface area contributed by atoms with Crippen LogP contribution < -0.4 is 4.74 Å². The number of likely N-dealkylation sites (tertiary alicyclic amines) is 1. The first-order valence-electron chi connectivity index (χ1n) is 8.30. The van der Waals surface area contributed by atoms with E-state index in [0.29, 0.717) is 6.54 Å². The molecule has 1 unspecified atom stereocenters. The number of carbonyl (C=O) groups is 1. The molecule has 0 spiro atoms. The molecule has 1 fully saturated rings. The Balaban J connectivity index is 1.41. The zero-order valence-corrected chi connectivity index (χ0v) is 14.5. The molecule has 1 aromatic carbocycles. The fraction of sp³-hybridized carbons (Fsp3) is 0.200. The van der Waals surface area contributed by atoms with Crippen LogP contribution in [0.2, 0.25) is 0 Å². The predicted molar refractivity (Wildman–Crippen MR) is 101 cm³/mol. The average molecular weight is 350 g/mol. The fourth-order valence-corrected chi connectivity index (χ4v) is 3.64. The van der Waals surface area contributed by atoms with Crippen molar-refractivity contribution in [2.45, 2.75) is 12.5 Å². The second-order valence-electron chi connectivity index (χ2n) is 5.99. The molecule has 0 saturated carbocycles. The van der Waals surface area contributed by atoms with Crippen molar-refractivity contribution in [1.82, 2.24) is 9.88 Å². The first-order chi connectivity index (χ1) is 12.3. The molecule has 1 saturated heterocycles. The van der Waals surface area contributed by atoms with Gasteiger partial charge in [0.15, 0.2) is 0 Å². The maximum atomic E-state index is 12.3. The van der Waals surface area contributed by atoms with Gasteiger partial charge in [-0.25, -0.2) is 0 Å². The van der Waals surface area contributed by atoms with E-state index >= 15 is 0 Å². The number of fused-ring (bicyclic) bond motifs is 1. The first-order valence-corrected chi connectivity index (χ1v) is 9.18. The topological polar surface area (TPSA) is 42.4 Å². The van der Waals surface area contributed by atoms with E-state index in [1.54, 1.807) is 23.6 Å². The molecule has 1 aliphatic rings. The van der Waals surface area contributed by atoms with Gasteiger partial charge in [-0.3, -0.25) is 9.78 Å². The molecule has 2 aromatic heterocycles. The van der Waals surface area contributed by atoms with Crippen molar-refractivity contribution in [2.24, 2.45) is 0 Å². The third-order valence-corrected chi connectivity index (χ3v) is 5.12.